The lowest BCUT2D eigenvalue weighted by Crippen LogP contribution is -2.28. The molecule has 0 radical (unpaired) electrons. The van der Waals surface area contributed by atoms with Gasteiger partial charge < -0.3 is 5.32 Å². The number of carbonyl (C=O) groups is 1. The minimum atomic E-state index is -0.319. The second kappa shape index (κ2) is 7.27. The molecule has 0 unspecified atom stereocenters. The van der Waals surface area contributed by atoms with Crippen molar-refractivity contribution in [2.24, 2.45) is 0 Å². The Morgan fingerprint density at radius 3 is 2.57 bits per heavy atom. The SMILES string of the molecule is CSc1ccc([C@H](C)NC(=O)Cc2cccc(F)c2)cc1. The van der Waals surface area contributed by atoms with Gasteiger partial charge in [-0.2, -0.15) is 0 Å². The summed E-state index contributed by atoms with van der Waals surface area (Å²) in [6, 6.07) is 14.2. The Bertz CT molecular complexity index is 612. The fourth-order valence-corrected chi connectivity index (χ4v) is 2.51. The van der Waals surface area contributed by atoms with Gasteiger partial charge in [0.05, 0.1) is 12.5 Å². The van der Waals surface area contributed by atoms with E-state index in [1.165, 1.54) is 17.0 Å². The van der Waals surface area contributed by atoms with Crippen LogP contribution in [0.5, 0.6) is 0 Å². The number of amides is 1. The van der Waals surface area contributed by atoms with Gasteiger partial charge >= 0.3 is 0 Å². The molecule has 0 aliphatic heterocycles. The summed E-state index contributed by atoms with van der Waals surface area (Å²) in [5.41, 5.74) is 1.73. The number of hydrogen-bond donors (Lipinski definition) is 1. The molecular weight excluding hydrogens is 285 g/mol. The zero-order valence-electron chi connectivity index (χ0n) is 12.1. The van der Waals surface area contributed by atoms with Crippen molar-refractivity contribution in [1.82, 2.24) is 5.32 Å². The van der Waals surface area contributed by atoms with Gasteiger partial charge in [0.25, 0.3) is 0 Å². The summed E-state index contributed by atoms with van der Waals surface area (Å²) in [6.45, 7) is 1.94. The molecule has 1 atom stereocenters. The first-order valence-corrected chi connectivity index (χ1v) is 7.98. The van der Waals surface area contributed by atoms with Gasteiger partial charge in [0.15, 0.2) is 0 Å². The Labute approximate surface area is 128 Å². The molecule has 2 nitrogen and oxygen atoms in total. The van der Waals surface area contributed by atoms with E-state index in [1.54, 1.807) is 23.9 Å². The highest BCUT2D eigenvalue weighted by molar-refractivity contribution is 7.98. The van der Waals surface area contributed by atoms with Gasteiger partial charge in [-0.1, -0.05) is 24.3 Å². The lowest BCUT2D eigenvalue weighted by molar-refractivity contribution is -0.121. The third-order valence-corrected chi connectivity index (χ3v) is 3.99. The number of rotatable bonds is 5. The summed E-state index contributed by atoms with van der Waals surface area (Å²) in [7, 11) is 0. The third-order valence-electron chi connectivity index (χ3n) is 3.25. The Morgan fingerprint density at radius 1 is 1.24 bits per heavy atom. The maximum atomic E-state index is 13.1. The van der Waals surface area contributed by atoms with Gasteiger partial charge in [0.1, 0.15) is 5.82 Å². The predicted molar refractivity (Wildman–Crippen MR) is 84.9 cm³/mol. The van der Waals surface area contributed by atoms with Gasteiger partial charge in [0.2, 0.25) is 5.91 Å². The van der Waals surface area contributed by atoms with Crippen LogP contribution in [0, 0.1) is 5.82 Å². The van der Waals surface area contributed by atoms with Crippen LogP contribution >= 0.6 is 11.8 Å². The Hall–Kier alpha value is -1.81. The van der Waals surface area contributed by atoms with Crippen LogP contribution in [-0.2, 0) is 11.2 Å². The van der Waals surface area contributed by atoms with Gasteiger partial charge in [-0.3, -0.25) is 4.79 Å². The van der Waals surface area contributed by atoms with Crippen LogP contribution < -0.4 is 5.32 Å². The van der Waals surface area contributed by atoms with Gasteiger partial charge in [-0.25, -0.2) is 4.39 Å². The molecule has 0 heterocycles. The van der Waals surface area contributed by atoms with Gasteiger partial charge in [-0.15, -0.1) is 11.8 Å². The Kier molecular flexibility index (Phi) is 5.39. The lowest BCUT2D eigenvalue weighted by atomic mass is 10.1. The van der Waals surface area contributed by atoms with Crippen LogP contribution in [0.1, 0.15) is 24.1 Å². The molecule has 1 amide bonds. The van der Waals surface area contributed by atoms with Crippen LogP contribution in [0.25, 0.3) is 0 Å². The topological polar surface area (TPSA) is 29.1 Å². The van der Waals surface area contributed by atoms with Gasteiger partial charge in [0, 0.05) is 4.90 Å². The van der Waals surface area contributed by atoms with Crippen LogP contribution in [-0.4, -0.2) is 12.2 Å². The molecule has 0 aromatic heterocycles. The Morgan fingerprint density at radius 2 is 1.95 bits per heavy atom. The van der Waals surface area contributed by atoms with Crippen molar-refractivity contribution < 1.29 is 9.18 Å². The number of carbonyl (C=O) groups excluding carboxylic acids is 1. The van der Waals surface area contributed by atoms with E-state index in [1.807, 2.05) is 37.4 Å². The summed E-state index contributed by atoms with van der Waals surface area (Å²) >= 11 is 1.68. The fraction of sp³-hybridized carbons (Fsp3) is 0.235. The molecule has 0 aliphatic carbocycles. The highest BCUT2D eigenvalue weighted by Crippen LogP contribution is 2.19. The highest BCUT2D eigenvalue weighted by Gasteiger charge is 2.10. The van der Waals surface area contributed by atoms with Crippen molar-refractivity contribution in [3.8, 4) is 0 Å². The molecule has 0 saturated heterocycles. The van der Waals surface area contributed by atoms with Crippen molar-refractivity contribution in [3.63, 3.8) is 0 Å². The van der Waals surface area contributed by atoms with Crippen molar-refractivity contribution in [2.45, 2.75) is 24.3 Å². The number of halogens is 1. The molecule has 0 aliphatic rings. The van der Waals surface area contributed by atoms with Crippen molar-refractivity contribution in [2.75, 3.05) is 6.26 Å². The van der Waals surface area contributed by atoms with Gasteiger partial charge in [-0.05, 0) is 48.6 Å². The smallest absolute Gasteiger partial charge is 0.224 e. The lowest BCUT2D eigenvalue weighted by Gasteiger charge is -2.15. The molecule has 2 aromatic rings. The normalized spacial score (nSPS) is 12.0. The van der Waals surface area contributed by atoms with Crippen molar-refractivity contribution in [3.05, 3.63) is 65.5 Å². The van der Waals surface area contributed by atoms with E-state index in [2.05, 4.69) is 5.32 Å². The average molecular weight is 303 g/mol. The predicted octanol–water partition coefficient (Wildman–Crippen LogP) is 3.97. The van der Waals surface area contributed by atoms with Crippen LogP contribution in [0.2, 0.25) is 0 Å². The third kappa shape index (κ3) is 4.60. The molecule has 0 fully saturated rings. The first kappa shape index (κ1) is 15.6. The number of nitrogens with one attached hydrogen (secondary N) is 1. The largest absolute Gasteiger partial charge is 0.349 e. The molecule has 4 heteroatoms. The second-order valence-electron chi connectivity index (χ2n) is 4.87. The molecule has 0 saturated carbocycles. The van der Waals surface area contributed by atoms with E-state index in [0.717, 1.165) is 5.56 Å². The summed E-state index contributed by atoms with van der Waals surface area (Å²) in [4.78, 5) is 13.2. The first-order valence-electron chi connectivity index (χ1n) is 6.76. The molecule has 0 spiro atoms. The molecule has 21 heavy (non-hydrogen) atoms. The minimum absolute atomic E-state index is 0.0676. The van der Waals surface area contributed by atoms with E-state index in [-0.39, 0.29) is 24.2 Å². The molecule has 0 bridgehead atoms. The van der Waals surface area contributed by atoms with E-state index < -0.39 is 0 Å². The van der Waals surface area contributed by atoms with E-state index >= 15 is 0 Å². The quantitative estimate of drug-likeness (QED) is 0.847. The summed E-state index contributed by atoms with van der Waals surface area (Å²) in [6.07, 6.45) is 2.21. The summed E-state index contributed by atoms with van der Waals surface area (Å²) in [5, 5.41) is 2.93. The van der Waals surface area contributed by atoms with Crippen LogP contribution in [0.4, 0.5) is 4.39 Å². The molecule has 1 N–H and O–H groups in total. The maximum absolute atomic E-state index is 13.1. The van der Waals surface area contributed by atoms with E-state index in [0.29, 0.717) is 5.56 Å². The van der Waals surface area contributed by atoms with Crippen LogP contribution in [0.3, 0.4) is 0 Å². The van der Waals surface area contributed by atoms with Crippen LogP contribution in [0.15, 0.2) is 53.4 Å². The number of benzene rings is 2. The van der Waals surface area contributed by atoms with Crippen molar-refractivity contribution >= 4 is 17.7 Å². The molecule has 2 aromatic carbocycles. The highest BCUT2D eigenvalue weighted by atomic mass is 32.2. The standard InChI is InChI=1S/C17H18FNOS/c1-12(14-6-8-16(21-2)9-7-14)19-17(20)11-13-4-3-5-15(18)10-13/h3-10,12H,11H2,1-2H3,(H,19,20)/t12-/m0/s1. The molecule has 110 valence electrons. The number of hydrogen-bond acceptors (Lipinski definition) is 2. The first-order chi connectivity index (χ1) is 10.1. The average Bonchev–Trinajstić information content (AvgIpc) is 2.47. The zero-order chi connectivity index (χ0) is 15.2. The minimum Gasteiger partial charge on any atom is -0.349 e. The fourth-order valence-electron chi connectivity index (χ4n) is 2.10. The molecule has 2 rings (SSSR count). The zero-order valence-corrected chi connectivity index (χ0v) is 12.9. The number of thioether (sulfide) groups is 1. The van der Waals surface area contributed by atoms with Crippen molar-refractivity contribution in [1.29, 1.82) is 0 Å². The molecular formula is C17H18FNOS. The monoisotopic (exact) mass is 303 g/mol. The summed E-state index contributed by atoms with van der Waals surface area (Å²) in [5.74, 6) is -0.428. The summed E-state index contributed by atoms with van der Waals surface area (Å²) < 4.78 is 13.1. The van der Waals surface area contributed by atoms with E-state index in [9.17, 15) is 9.18 Å². The van der Waals surface area contributed by atoms with E-state index in [4.69, 9.17) is 0 Å². The second-order valence-corrected chi connectivity index (χ2v) is 5.75. The Balaban J connectivity index is 1.95. The maximum Gasteiger partial charge on any atom is 0.224 e.